The third-order valence-electron chi connectivity index (χ3n) is 3.34. The van der Waals surface area contributed by atoms with E-state index >= 15 is 0 Å². The first-order valence-electron chi connectivity index (χ1n) is 7.56. The van der Waals surface area contributed by atoms with Crippen LogP contribution in [0.3, 0.4) is 0 Å². The summed E-state index contributed by atoms with van der Waals surface area (Å²) in [4.78, 5) is 16.5. The molecule has 3 rings (SSSR count). The lowest BCUT2D eigenvalue weighted by atomic mass is 10.3. The van der Waals surface area contributed by atoms with Crippen molar-refractivity contribution in [1.29, 1.82) is 0 Å². The quantitative estimate of drug-likeness (QED) is 0.691. The fourth-order valence-electron chi connectivity index (χ4n) is 2.10. The Labute approximate surface area is 154 Å². The van der Waals surface area contributed by atoms with Gasteiger partial charge in [0, 0.05) is 11.6 Å². The number of sulfone groups is 1. The molecule has 0 fully saturated rings. The zero-order chi connectivity index (χ0) is 18.7. The van der Waals surface area contributed by atoms with Crippen molar-refractivity contribution < 1.29 is 22.4 Å². The van der Waals surface area contributed by atoms with Crippen LogP contribution in [0.25, 0.3) is 0 Å². The molecule has 0 saturated heterocycles. The van der Waals surface area contributed by atoms with Crippen molar-refractivity contribution in [3.05, 3.63) is 59.0 Å². The van der Waals surface area contributed by atoms with E-state index in [1.54, 1.807) is 24.3 Å². The van der Waals surface area contributed by atoms with E-state index in [-0.39, 0.29) is 17.3 Å². The van der Waals surface area contributed by atoms with Crippen LogP contribution in [-0.2, 0) is 16.4 Å². The number of carbonyl (C=O) groups is 1. The molecule has 3 aromatic rings. The Morgan fingerprint density at radius 2 is 2.12 bits per heavy atom. The van der Waals surface area contributed by atoms with E-state index in [2.05, 4.69) is 10.3 Å². The number of benzene rings is 1. The first kappa shape index (κ1) is 18.2. The first-order valence-corrected chi connectivity index (χ1v) is 10.3. The molecule has 0 unspecified atom stereocenters. The number of carbonyl (C=O) groups excluding carboxylic acids is 1. The Bertz CT molecular complexity index is 1040. The van der Waals surface area contributed by atoms with Gasteiger partial charge in [0.2, 0.25) is 0 Å². The summed E-state index contributed by atoms with van der Waals surface area (Å²) >= 11 is 1.33. The zero-order valence-electron chi connectivity index (χ0n) is 14.1. The molecule has 0 aliphatic heterocycles. The van der Waals surface area contributed by atoms with Crippen LogP contribution in [0.1, 0.15) is 22.0 Å². The predicted octanol–water partition coefficient (Wildman–Crippen LogP) is 3.28. The molecule has 0 radical (unpaired) electrons. The van der Waals surface area contributed by atoms with Crippen molar-refractivity contribution in [3.8, 4) is 5.75 Å². The minimum Gasteiger partial charge on any atom is -0.486 e. The Morgan fingerprint density at radius 3 is 2.81 bits per heavy atom. The molecule has 2 aromatic heterocycles. The molecule has 1 N–H and O–H groups in total. The standard InChI is InChI=1S/C17H16N2O5S2/c1-11-10-25-17(18-11)19-16(20)15-7-6-13(24-15)9-23-12-4-3-5-14(8-12)26(2,21)22/h3-8,10H,9H2,1-2H3,(H,18,19,20). The fourth-order valence-corrected chi connectivity index (χ4v) is 3.44. The van der Waals surface area contributed by atoms with Crippen molar-refractivity contribution in [3.63, 3.8) is 0 Å². The van der Waals surface area contributed by atoms with Crippen LogP contribution in [0.2, 0.25) is 0 Å². The van der Waals surface area contributed by atoms with Gasteiger partial charge in [-0.2, -0.15) is 0 Å². The first-order chi connectivity index (χ1) is 12.3. The lowest BCUT2D eigenvalue weighted by Gasteiger charge is -2.06. The van der Waals surface area contributed by atoms with E-state index in [9.17, 15) is 13.2 Å². The second-order valence-corrected chi connectivity index (χ2v) is 8.42. The van der Waals surface area contributed by atoms with Gasteiger partial charge in [0.25, 0.3) is 5.91 Å². The number of rotatable bonds is 6. The molecule has 2 heterocycles. The minimum atomic E-state index is -3.30. The number of amides is 1. The van der Waals surface area contributed by atoms with Crippen LogP contribution in [0.5, 0.6) is 5.75 Å². The number of thiazole rings is 1. The fraction of sp³-hybridized carbons (Fsp3) is 0.176. The number of hydrogen-bond donors (Lipinski definition) is 1. The van der Waals surface area contributed by atoms with Crippen molar-refractivity contribution in [1.82, 2.24) is 4.98 Å². The Balaban J connectivity index is 1.63. The summed E-state index contributed by atoms with van der Waals surface area (Å²) in [5, 5.41) is 4.99. The highest BCUT2D eigenvalue weighted by Gasteiger charge is 2.14. The van der Waals surface area contributed by atoms with E-state index in [0.717, 1.165) is 11.9 Å². The van der Waals surface area contributed by atoms with E-state index in [1.807, 2.05) is 12.3 Å². The lowest BCUT2D eigenvalue weighted by molar-refractivity contribution is 0.0992. The largest absolute Gasteiger partial charge is 0.486 e. The van der Waals surface area contributed by atoms with Gasteiger partial charge in [0.05, 0.1) is 10.6 Å². The summed E-state index contributed by atoms with van der Waals surface area (Å²) in [5.41, 5.74) is 0.829. The number of furan rings is 1. The lowest BCUT2D eigenvalue weighted by Crippen LogP contribution is -2.10. The van der Waals surface area contributed by atoms with Gasteiger partial charge in [-0.1, -0.05) is 6.07 Å². The molecule has 0 spiro atoms. The van der Waals surface area contributed by atoms with Gasteiger partial charge in [0.1, 0.15) is 18.1 Å². The average molecular weight is 392 g/mol. The maximum absolute atomic E-state index is 12.1. The highest BCUT2D eigenvalue weighted by Crippen LogP contribution is 2.20. The predicted molar refractivity (Wildman–Crippen MR) is 97.4 cm³/mol. The zero-order valence-corrected chi connectivity index (χ0v) is 15.7. The highest BCUT2D eigenvalue weighted by atomic mass is 32.2. The van der Waals surface area contributed by atoms with Gasteiger partial charge in [-0.05, 0) is 37.3 Å². The number of ether oxygens (including phenoxy) is 1. The molecule has 1 amide bonds. The van der Waals surface area contributed by atoms with E-state index in [4.69, 9.17) is 9.15 Å². The summed E-state index contributed by atoms with van der Waals surface area (Å²) in [6, 6.07) is 9.36. The van der Waals surface area contributed by atoms with Gasteiger partial charge >= 0.3 is 0 Å². The maximum Gasteiger partial charge on any atom is 0.293 e. The Morgan fingerprint density at radius 1 is 1.31 bits per heavy atom. The summed E-state index contributed by atoms with van der Waals surface area (Å²) in [6.07, 6.45) is 1.13. The molecule has 26 heavy (non-hydrogen) atoms. The molecule has 0 aliphatic rings. The van der Waals surface area contributed by atoms with Crippen molar-refractivity contribution >= 4 is 32.2 Å². The van der Waals surface area contributed by atoms with E-state index in [1.165, 1.54) is 23.5 Å². The summed E-state index contributed by atoms with van der Waals surface area (Å²) in [5.74, 6) is 0.579. The Kier molecular flexibility index (Phi) is 5.10. The molecular weight excluding hydrogens is 376 g/mol. The van der Waals surface area contributed by atoms with Crippen molar-refractivity contribution in [2.45, 2.75) is 18.4 Å². The normalized spacial score (nSPS) is 11.3. The summed E-state index contributed by atoms with van der Waals surface area (Å²) < 4.78 is 34.1. The number of aromatic nitrogens is 1. The van der Waals surface area contributed by atoms with Crippen molar-refractivity contribution in [2.24, 2.45) is 0 Å². The third kappa shape index (κ3) is 4.50. The molecule has 0 aliphatic carbocycles. The van der Waals surface area contributed by atoms with E-state index in [0.29, 0.717) is 16.6 Å². The molecule has 0 bridgehead atoms. The maximum atomic E-state index is 12.1. The van der Waals surface area contributed by atoms with Crippen molar-refractivity contribution in [2.75, 3.05) is 11.6 Å². The molecule has 7 nitrogen and oxygen atoms in total. The van der Waals surface area contributed by atoms with Crippen LogP contribution in [0, 0.1) is 6.92 Å². The molecule has 136 valence electrons. The second-order valence-electron chi connectivity index (χ2n) is 5.55. The number of aryl methyl sites for hydroxylation is 1. The number of anilines is 1. The summed E-state index contributed by atoms with van der Waals surface area (Å²) in [6.45, 7) is 1.91. The third-order valence-corrected chi connectivity index (χ3v) is 5.33. The van der Waals surface area contributed by atoms with E-state index < -0.39 is 15.7 Å². The smallest absolute Gasteiger partial charge is 0.293 e. The summed E-state index contributed by atoms with van der Waals surface area (Å²) in [7, 11) is -3.30. The van der Waals surface area contributed by atoms with Crippen LogP contribution >= 0.6 is 11.3 Å². The van der Waals surface area contributed by atoms with Crippen LogP contribution in [0.15, 0.2) is 51.1 Å². The number of nitrogens with zero attached hydrogens (tertiary/aromatic N) is 1. The average Bonchev–Trinajstić information content (AvgIpc) is 3.21. The minimum absolute atomic E-state index is 0.0663. The molecule has 0 saturated carbocycles. The highest BCUT2D eigenvalue weighted by molar-refractivity contribution is 7.90. The molecular formula is C17H16N2O5S2. The molecule has 0 atom stereocenters. The van der Waals surface area contributed by atoms with Crippen LogP contribution in [0.4, 0.5) is 5.13 Å². The SMILES string of the molecule is Cc1csc(NC(=O)c2ccc(COc3cccc(S(C)(=O)=O)c3)o2)n1. The second kappa shape index (κ2) is 7.30. The molecule has 1 aromatic carbocycles. The van der Waals surface area contributed by atoms with Gasteiger partial charge in [0.15, 0.2) is 20.7 Å². The van der Waals surface area contributed by atoms with Gasteiger partial charge < -0.3 is 9.15 Å². The number of nitrogens with one attached hydrogen (secondary N) is 1. The van der Waals surface area contributed by atoms with Gasteiger partial charge in [-0.15, -0.1) is 11.3 Å². The van der Waals surface area contributed by atoms with Crippen LogP contribution < -0.4 is 10.1 Å². The number of hydrogen-bond acceptors (Lipinski definition) is 7. The monoisotopic (exact) mass is 392 g/mol. The van der Waals surface area contributed by atoms with Crippen LogP contribution in [-0.4, -0.2) is 25.6 Å². The topological polar surface area (TPSA) is 98.5 Å². The van der Waals surface area contributed by atoms with Gasteiger partial charge in [-0.3, -0.25) is 10.1 Å². The Hall–Kier alpha value is -2.65. The van der Waals surface area contributed by atoms with Gasteiger partial charge in [-0.25, -0.2) is 13.4 Å². The molecule has 9 heteroatoms.